The van der Waals surface area contributed by atoms with E-state index >= 15 is 0 Å². The van der Waals surface area contributed by atoms with Gasteiger partial charge in [-0.1, -0.05) is 42.5 Å². The number of halogens is 3. The lowest BCUT2D eigenvalue weighted by atomic mass is 10.1. The smallest absolute Gasteiger partial charge is 0.354 e. The second-order valence-electron chi connectivity index (χ2n) is 8.00. The van der Waals surface area contributed by atoms with E-state index in [0.717, 1.165) is 5.56 Å². The van der Waals surface area contributed by atoms with Crippen molar-refractivity contribution in [1.29, 1.82) is 5.26 Å². The summed E-state index contributed by atoms with van der Waals surface area (Å²) < 4.78 is 40.6. The van der Waals surface area contributed by atoms with Gasteiger partial charge in [0.1, 0.15) is 11.9 Å². The fourth-order valence-corrected chi connectivity index (χ4v) is 3.97. The van der Waals surface area contributed by atoms with Crippen LogP contribution in [0.2, 0.25) is 0 Å². The molecule has 3 aromatic rings. The number of rotatable bonds is 6. The van der Waals surface area contributed by atoms with E-state index in [0.29, 0.717) is 43.5 Å². The molecule has 1 aliphatic heterocycles. The van der Waals surface area contributed by atoms with Gasteiger partial charge in [-0.3, -0.25) is 4.79 Å². The quantitative estimate of drug-likeness (QED) is 0.585. The Bertz CT molecular complexity index is 1190. The Morgan fingerprint density at radius 1 is 1.12 bits per heavy atom. The summed E-state index contributed by atoms with van der Waals surface area (Å²) in [7, 11) is 0. The molecule has 0 unspecified atom stereocenters. The van der Waals surface area contributed by atoms with E-state index in [9.17, 15) is 18.0 Å². The van der Waals surface area contributed by atoms with Gasteiger partial charge in [0.25, 0.3) is 0 Å². The molecule has 0 radical (unpaired) electrons. The van der Waals surface area contributed by atoms with Crippen LogP contribution in [0.15, 0.2) is 60.7 Å². The minimum Gasteiger partial charge on any atom is -0.354 e. The van der Waals surface area contributed by atoms with Gasteiger partial charge < -0.3 is 10.2 Å². The van der Waals surface area contributed by atoms with Crippen LogP contribution in [-0.4, -0.2) is 35.0 Å². The fourth-order valence-electron chi connectivity index (χ4n) is 3.97. The Labute approximate surface area is 195 Å². The zero-order valence-electron chi connectivity index (χ0n) is 18.2. The first-order valence-corrected chi connectivity index (χ1v) is 10.9. The summed E-state index contributed by atoms with van der Waals surface area (Å²) >= 11 is 0. The third kappa shape index (κ3) is 5.34. The van der Waals surface area contributed by atoms with Gasteiger partial charge in [-0.05, 0) is 37.0 Å². The number of hydrogen-bond acceptors (Lipinski definition) is 5. The highest BCUT2D eigenvalue weighted by Gasteiger charge is 2.38. The molecule has 1 aliphatic rings. The van der Waals surface area contributed by atoms with Crippen molar-refractivity contribution in [1.82, 2.24) is 15.3 Å². The highest BCUT2D eigenvalue weighted by molar-refractivity contribution is 5.85. The number of nitrogens with one attached hydrogen (secondary N) is 1. The summed E-state index contributed by atoms with van der Waals surface area (Å²) in [5.41, 5.74) is 2.23. The summed E-state index contributed by atoms with van der Waals surface area (Å²) in [6.45, 7) is 0.804. The van der Waals surface area contributed by atoms with Crippen molar-refractivity contribution in [3.8, 4) is 17.3 Å². The van der Waals surface area contributed by atoms with Crippen molar-refractivity contribution in [2.24, 2.45) is 0 Å². The van der Waals surface area contributed by atoms with E-state index in [1.54, 1.807) is 47.4 Å². The predicted molar refractivity (Wildman–Crippen MR) is 121 cm³/mol. The summed E-state index contributed by atoms with van der Waals surface area (Å²) in [6, 6.07) is 18.6. The first-order valence-electron chi connectivity index (χ1n) is 10.9. The molecule has 6 nitrogen and oxygen atoms in total. The Hall–Kier alpha value is -3.93. The SMILES string of the molecule is N#Cc1ccc(CCNC(=O)[C@@H]2CCCN2c2cc(-c3ccccc3)nc(C(F)(F)F)n2)cc1. The third-order valence-corrected chi connectivity index (χ3v) is 5.68. The highest BCUT2D eigenvalue weighted by atomic mass is 19.4. The summed E-state index contributed by atoms with van der Waals surface area (Å²) in [5, 5.41) is 11.8. The second kappa shape index (κ2) is 9.91. The van der Waals surface area contributed by atoms with Crippen molar-refractivity contribution in [3.05, 3.63) is 77.6 Å². The number of alkyl halides is 3. The van der Waals surface area contributed by atoms with Crippen LogP contribution in [0, 0.1) is 11.3 Å². The van der Waals surface area contributed by atoms with E-state index in [1.165, 1.54) is 6.07 Å². The lowest BCUT2D eigenvalue weighted by Gasteiger charge is -2.26. The normalized spacial score (nSPS) is 15.7. The van der Waals surface area contributed by atoms with Gasteiger partial charge in [0.05, 0.1) is 17.3 Å². The molecule has 4 rings (SSSR count). The molecule has 1 aromatic heterocycles. The third-order valence-electron chi connectivity index (χ3n) is 5.68. The maximum Gasteiger partial charge on any atom is 0.451 e. The molecule has 0 saturated carbocycles. The summed E-state index contributed by atoms with van der Waals surface area (Å²) in [4.78, 5) is 22.0. The minimum atomic E-state index is -4.71. The van der Waals surface area contributed by atoms with E-state index < -0.39 is 18.0 Å². The van der Waals surface area contributed by atoms with Crippen LogP contribution in [0.5, 0.6) is 0 Å². The van der Waals surface area contributed by atoms with Crippen LogP contribution in [-0.2, 0) is 17.4 Å². The van der Waals surface area contributed by atoms with Gasteiger partial charge in [-0.2, -0.15) is 18.4 Å². The van der Waals surface area contributed by atoms with Gasteiger partial charge in [0.15, 0.2) is 0 Å². The van der Waals surface area contributed by atoms with E-state index in [1.807, 2.05) is 12.1 Å². The molecule has 0 aliphatic carbocycles. The van der Waals surface area contributed by atoms with Gasteiger partial charge >= 0.3 is 6.18 Å². The van der Waals surface area contributed by atoms with Crippen LogP contribution in [0.1, 0.15) is 29.8 Å². The number of carbonyl (C=O) groups is 1. The van der Waals surface area contributed by atoms with Crippen molar-refractivity contribution < 1.29 is 18.0 Å². The number of aromatic nitrogens is 2. The highest BCUT2D eigenvalue weighted by Crippen LogP contribution is 2.33. The molecule has 2 aromatic carbocycles. The molecule has 174 valence electrons. The van der Waals surface area contributed by atoms with Crippen molar-refractivity contribution in [3.63, 3.8) is 0 Å². The minimum absolute atomic E-state index is 0.0888. The van der Waals surface area contributed by atoms with E-state index in [4.69, 9.17) is 5.26 Å². The summed E-state index contributed by atoms with van der Waals surface area (Å²) in [6.07, 6.45) is -2.94. The van der Waals surface area contributed by atoms with Crippen molar-refractivity contribution in [2.45, 2.75) is 31.5 Å². The maximum absolute atomic E-state index is 13.5. The first-order chi connectivity index (χ1) is 16.3. The number of benzene rings is 2. The topological polar surface area (TPSA) is 81.9 Å². The maximum atomic E-state index is 13.5. The molecular formula is C25H22F3N5O. The lowest BCUT2D eigenvalue weighted by Crippen LogP contribution is -2.44. The van der Waals surface area contributed by atoms with Gasteiger partial charge in [-0.15, -0.1) is 0 Å². The fraction of sp³-hybridized carbons (Fsp3) is 0.280. The Kier molecular flexibility index (Phi) is 6.77. The zero-order valence-corrected chi connectivity index (χ0v) is 18.2. The number of anilines is 1. The molecule has 2 heterocycles. The average Bonchev–Trinajstić information content (AvgIpc) is 3.34. The molecule has 1 N–H and O–H groups in total. The molecule has 1 amide bonds. The molecule has 1 atom stereocenters. The molecule has 0 spiro atoms. The van der Waals surface area contributed by atoms with Gasteiger partial charge in [0, 0.05) is 24.7 Å². The van der Waals surface area contributed by atoms with Crippen molar-refractivity contribution in [2.75, 3.05) is 18.0 Å². The molecule has 9 heteroatoms. The standard InChI is InChI=1S/C25H22F3N5O/c26-25(27,28)24-31-20(19-5-2-1-3-6-19)15-22(32-24)33-14-4-7-21(33)23(34)30-13-12-17-8-10-18(16-29)11-9-17/h1-3,5-6,8-11,15,21H,4,7,12-14H2,(H,30,34)/t21-/m0/s1. The number of carbonyl (C=O) groups excluding carboxylic acids is 1. The van der Waals surface area contributed by atoms with Crippen LogP contribution in [0.4, 0.5) is 19.0 Å². The van der Waals surface area contributed by atoms with Gasteiger partial charge in [-0.25, -0.2) is 9.97 Å². The molecule has 34 heavy (non-hydrogen) atoms. The second-order valence-corrected chi connectivity index (χ2v) is 8.00. The van der Waals surface area contributed by atoms with Crippen LogP contribution in [0.25, 0.3) is 11.3 Å². The van der Waals surface area contributed by atoms with Crippen LogP contribution < -0.4 is 10.2 Å². The Morgan fingerprint density at radius 3 is 2.53 bits per heavy atom. The Morgan fingerprint density at radius 2 is 1.85 bits per heavy atom. The number of nitrogens with zero attached hydrogens (tertiary/aromatic N) is 4. The molecule has 1 saturated heterocycles. The molecular weight excluding hydrogens is 443 g/mol. The lowest BCUT2D eigenvalue weighted by molar-refractivity contribution is -0.144. The molecule has 0 bridgehead atoms. The van der Waals surface area contributed by atoms with Crippen LogP contribution >= 0.6 is 0 Å². The largest absolute Gasteiger partial charge is 0.451 e. The number of nitriles is 1. The van der Waals surface area contributed by atoms with E-state index in [-0.39, 0.29) is 17.4 Å². The molecule has 1 fully saturated rings. The van der Waals surface area contributed by atoms with Crippen LogP contribution in [0.3, 0.4) is 0 Å². The first kappa shape index (κ1) is 23.2. The average molecular weight is 465 g/mol. The zero-order chi connectivity index (χ0) is 24.1. The number of hydrogen-bond donors (Lipinski definition) is 1. The van der Waals surface area contributed by atoms with Crippen molar-refractivity contribution >= 4 is 11.7 Å². The number of amides is 1. The van der Waals surface area contributed by atoms with Gasteiger partial charge in [0.2, 0.25) is 11.7 Å². The summed E-state index contributed by atoms with van der Waals surface area (Å²) in [5.74, 6) is -1.39. The monoisotopic (exact) mass is 465 g/mol. The predicted octanol–water partition coefficient (Wildman–Crippen LogP) is 4.36. The Balaban J connectivity index is 1.51. The van der Waals surface area contributed by atoms with E-state index in [2.05, 4.69) is 21.4 Å².